The molecule has 0 aliphatic heterocycles. The molecule has 0 radical (unpaired) electrons. The molecular formula is C16H28O5. The average Bonchev–Trinajstić information content (AvgIpc) is 2.46. The van der Waals surface area contributed by atoms with E-state index in [0.29, 0.717) is 39.6 Å². The molecule has 0 N–H and O–H groups in total. The lowest BCUT2D eigenvalue weighted by Crippen LogP contribution is -2.36. The lowest BCUT2D eigenvalue weighted by molar-refractivity contribution is -0.141. The van der Waals surface area contributed by atoms with Crippen LogP contribution in [0.25, 0.3) is 0 Å². The first-order valence-corrected chi connectivity index (χ1v) is 7.31. The number of ether oxygens (including phenoxy) is 4. The van der Waals surface area contributed by atoms with Crippen molar-refractivity contribution in [3.63, 3.8) is 0 Å². The average molecular weight is 300 g/mol. The zero-order chi connectivity index (χ0) is 16.0. The van der Waals surface area contributed by atoms with E-state index in [-0.39, 0.29) is 11.4 Å². The second-order valence-corrected chi connectivity index (χ2v) is 5.08. The summed E-state index contributed by atoms with van der Waals surface area (Å²) in [5, 5.41) is 0. The zero-order valence-electron chi connectivity index (χ0n) is 13.5. The number of unbranched alkanes of at least 4 members (excludes halogenated alkanes) is 1. The summed E-state index contributed by atoms with van der Waals surface area (Å²) in [6, 6.07) is 0. The van der Waals surface area contributed by atoms with E-state index in [1.165, 1.54) is 6.92 Å². The van der Waals surface area contributed by atoms with E-state index in [1.807, 2.05) is 0 Å². The minimum atomic E-state index is -0.244. The number of carbonyl (C=O) groups excluding carboxylic acids is 1. The van der Waals surface area contributed by atoms with Crippen molar-refractivity contribution in [3.05, 3.63) is 0 Å². The molecule has 21 heavy (non-hydrogen) atoms. The highest BCUT2D eigenvalue weighted by molar-refractivity contribution is 5.65. The number of methoxy groups -OCH3 is 1. The van der Waals surface area contributed by atoms with Gasteiger partial charge in [0.2, 0.25) is 0 Å². The summed E-state index contributed by atoms with van der Waals surface area (Å²) < 4.78 is 21.3. The predicted molar refractivity (Wildman–Crippen MR) is 80.9 cm³/mol. The molecule has 0 bridgehead atoms. The summed E-state index contributed by atoms with van der Waals surface area (Å²) in [6.45, 7) is 6.53. The van der Waals surface area contributed by atoms with Crippen LogP contribution in [0.2, 0.25) is 0 Å². The summed E-state index contributed by atoms with van der Waals surface area (Å²) in [6.07, 6.45) is 7.73. The van der Waals surface area contributed by atoms with Crippen molar-refractivity contribution in [2.24, 2.45) is 5.41 Å². The van der Waals surface area contributed by atoms with Crippen molar-refractivity contribution in [1.29, 1.82) is 0 Å². The van der Waals surface area contributed by atoms with Crippen molar-refractivity contribution < 1.29 is 23.7 Å². The van der Waals surface area contributed by atoms with Crippen LogP contribution in [0.15, 0.2) is 0 Å². The van der Waals surface area contributed by atoms with E-state index in [2.05, 4.69) is 12.8 Å². The number of rotatable bonds is 13. The van der Waals surface area contributed by atoms with Gasteiger partial charge in [-0.2, -0.15) is 0 Å². The number of hydrogen-bond acceptors (Lipinski definition) is 5. The summed E-state index contributed by atoms with van der Waals surface area (Å²) in [4.78, 5) is 10.6. The Labute approximate surface area is 128 Å². The molecular weight excluding hydrogens is 272 g/mol. The molecule has 0 aromatic heterocycles. The Kier molecular flexibility index (Phi) is 12.0. The molecule has 0 aromatic rings. The molecule has 0 spiro atoms. The van der Waals surface area contributed by atoms with Gasteiger partial charge in [0, 0.05) is 26.1 Å². The van der Waals surface area contributed by atoms with Gasteiger partial charge in [0.05, 0.1) is 26.4 Å². The predicted octanol–water partition coefficient (Wildman–Crippen LogP) is 2.04. The van der Waals surface area contributed by atoms with E-state index in [0.717, 1.165) is 19.3 Å². The minimum Gasteiger partial charge on any atom is -0.466 e. The smallest absolute Gasteiger partial charge is 0.302 e. The van der Waals surface area contributed by atoms with Gasteiger partial charge < -0.3 is 18.9 Å². The van der Waals surface area contributed by atoms with Gasteiger partial charge in [-0.05, 0) is 19.3 Å². The van der Waals surface area contributed by atoms with Gasteiger partial charge in [0.1, 0.15) is 6.61 Å². The molecule has 0 saturated carbocycles. The number of esters is 1. The van der Waals surface area contributed by atoms with Crippen molar-refractivity contribution in [3.8, 4) is 12.3 Å². The molecule has 0 amide bonds. The summed E-state index contributed by atoms with van der Waals surface area (Å²) >= 11 is 0. The first-order valence-electron chi connectivity index (χ1n) is 7.31. The standard InChI is InChI=1S/C16H28O5/c1-5-9-19-13-16(6-2,12-18-4)14-20-10-7-8-11-21-15(3)17/h1H,6-14H2,2-4H3. The number of terminal acetylenes is 1. The Morgan fingerprint density at radius 1 is 1.14 bits per heavy atom. The molecule has 5 nitrogen and oxygen atoms in total. The molecule has 0 rings (SSSR count). The van der Waals surface area contributed by atoms with Gasteiger partial charge in [-0.25, -0.2) is 0 Å². The van der Waals surface area contributed by atoms with E-state index in [1.54, 1.807) is 7.11 Å². The summed E-state index contributed by atoms with van der Waals surface area (Å²) in [7, 11) is 1.67. The van der Waals surface area contributed by atoms with E-state index in [4.69, 9.17) is 25.4 Å². The fourth-order valence-corrected chi connectivity index (χ4v) is 1.87. The number of hydrogen-bond donors (Lipinski definition) is 0. The van der Waals surface area contributed by atoms with E-state index >= 15 is 0 Å². The molecule has 0 saturated heterocycles. The molecule has 0 heterocycles. The van der Waals surface area contributed by atoms with Gasteiger partial charge in [0.15, 0.2) is 0 Å². The normalized spacial score (nSPS) is 13.4. The molecule has 1 atom stereocenters. The van der Waals surface area contributed by atoms with Crippen LogP contribution in [0.1, 0.15) is 33.1 Å². The second kappa shape index (κ2) is 12.6. The number of carbonyl (C=O) groups is 1. The van der Waals surface area contributed by atoms with Crippen LogP contribution in [0.5, 0.6) is 0 Å². The van der Waals surface area contributed by atoms with Gasteiger partial charge >= 0.3 is 5.97 Å². The fraction of sp³-hybridized carbons (Fsp3) is 0.812. The van der Waals surface area contributed by atoms with Crippen LogP contribution in [0, 0.1) is 17.8 Å². The highest BCUT2D eigenvalue weighted by atomic mass is 16.5. The SMILES string of the molecule is C#CCOCC(CC)(COC)COCCCCOC(C)=O. The lowest BCUT2D eigenvalue weighted by atomic mass is 9.88. The molecule has 1 unspecified atom stereocenters. The third kappa shape index (κ3) is 10.3. The van der Waals surface area contributed by atoms with E-state index in [9.17, 15) is 4.79 Å². The first-order chi connectivity index (χ1) is 10.1. The van der Waals surface area contributed by atoms with Gasteiger partial charge in [-0.15, -0.1) is 6.42 Å². The fourth-order valence-electron chi connectivity index (χ4n) is 1.87. The van der Waals surface area contributed by atoms with Gasteiger partial charge in [0.25, 0.3) is 0 Å². The van der Waals surface area contributed by atoms with Crippen molar-refractivity contribution in [2.45, 2.75) is 33.1 Å². The van der Waals surface area contributed by atoms with Crippen LogP contribution in [0.3, 0.4) is 0 Å². The van der Waals surface area contributed by atoms with Crippen LogP contribution in [0.4, 0.5) is 0 Å². The Morgan fingerprint density at radius 3 is 2.38 bits per heavy atom. The minimum absolute atomic E-state index is 0.165. The third-order valence-electron chi connectivity index (χ3n) is 3.19. The highest BCUT2D eigenvalue weighted by Crippen LogP contribution is 2.23. The summed E-state index contributed by atoms with van der Waals surface area (Å²) in [5.41, 5.74) is -0.165. The maximum Gasteiger partial charge on any atom is 0.302 e. The largest absolute Gasteiger partial charge is 0.466 e. The van der Waals surface area contributed by atoms with Crippen molar-refractivity contribution >= 4 is 5.97 Å². The molecule has 0 aliphatic carbocycles. The van der Waals surface area contributed by atoms with E-state index < -0.39 is 0 Å². The van der Waals surface area contributed by atoms with Crippen LogP contribution < -0.4 is 0 Å². The van der Waals surface area contributed by atoms with Crippen molar-refractivity contribution in [1.82, 2.24) is 0 Å². The maximum absolute atomic E-state index is 10.6. The lowest BCUT2D eigenvalue weighted by Gasteiger charge is -2.31. The van der Waals surface area contributed by atoms with Crippen molar-refractivity contribution in [2.75, 3.05) is 46.8 Å². The van der Waals surface area contributed by atoms with Gasteiger partial charge in [-0.1, -0.05) is 12.8 Å². The molecule has 0 fully saturated rings. The topological polar surface area (TPSA) is 54.0 Å². The Morgan fingerprint density at radius 2 is 1.81 bits per heavy atom. The quantitative estimate of drug-likeness (QED) is 0.296. The molecule has 0 aromatic carbocycles. The molecule has 5 heteroatoms. The van der Waals surface area contributed by atoms with Crippen LogP contribution >= 0.6 is 0 Å². The third-order valence-corrected chi connectivity index (χ3v) is 3.19. The second-order valence-electron chi connectivity index (χ2n) is 5.08. The Hall–Kier alpha value is -1.09. The summed E-state index contributed by atoms with van der Waals surface area (Å²) in [5.74, 6) is 2.22. The highest BCUT2D eigenvalue weighted by Gasteiger charge is 2.29. The Balaban J connectivity index is 3.94. The zero-order valence-corrected chi connectivity index (χ0v) is 13.5. The molecule has 122 valence electrons. The maximum atomic E-state index is 10.6. The van der Waals surface area contributed by atoms with Crippen LogP contribution in [-0.2, 0) is 23.7 Å². The molecule has 0 aliphatic rings. The monoisotopic (exact) mass is 300 g/mol. The first kappa shape index (κ1) is 19.9. The Bertz CT molecular complexity index is 310. The van der Waals surface area contributed by atoms with Crippen LogP contribution in [-0.4, -0.2) is 52.7 Å². The van der Waals surface area contributed by atoms with Gasteiger partial charge in [-0.3, -0.25) is 4.79 Å².